The third-order valence-corrected chi connectivity index (χ3v) is 2.60. The van der Waals surface area contributed by atoms with E-state index in [1.807, 2.05) is 0 Å². The van der Waals surface area contributed by atoms with E-state index >= 15 is 0 Å². The number of benzene rings is 1. The zero-order chi connectivity index (χ0) is 15.1. The molecule has 0 saturated carbocycles. The number of hydrogen-bond acceptors (Lipinski definition) is 5. The molecule has 1 heterocycles. The van der Waals surface area contributed by atoms with Gasteiger partial charge >= 0.3 is 0 Å². The summed E-state index contributed by atoms with van der Waals surface area (Å²) in [7, 11) is 0. The van der Waals surface area contributed by atoms with E-state index in [-0.39, 0.29) is 19.1 Å². The molecule has 1 aromatic heterocycles. The predicted octanol–water partition coefficient (Wildman–Crippen LogP) is 1.04. The van der Waals surface area contributed by atoms with Gasteiger partial charge in [-0.05, 0) is 19.1 Å². The highest BCUT2D eigenvalue weighted by Gasteiger charge is 2.11. The molecule has 6 heteroatoms. The number of aliphatic hydroxyl groups is 1. The van der Waals surface area contributed by atoms with Crippen LogP contribution >= 0.6 is 0 Å². The van der Waals surface area contributed by atoms with Crippen molar-refractivity contribution in [1.29, 1.82) is 0 Å². The van der Waals surface area contributed by atoms with Gasteiger partial charge in [0.2, 0.25) is 5.89 Å². The van der Waals surface area contributed by atoms with Crippen molar-refractivity contribution in [1.82, 2.24) is 15.5 Å². The van der Waals surface area contributed by atoms with Gasteiger partial charge in [0.05, 0.1) is 18.7 Å². The van der Waals surface area contributed by atoms with E-state index in [4.69, 9.17) is 9.63 Å². The lowest BCUT2D eigenvalue weighted by atomic mass is 10.1. The molecule has 0 aliphatic carbocycles. The maximum atomic E-state index is 12.2. The Bertz CT molecular complexity index is 683. The van der Waals surface area contributed by atoms with Crippen LogP contribution in [0.15, 0.2) is 28.8 Å². The molecule has 0 saturated heterocycles. The largest absolute Gasteiger partial charge is 0.395 e. The minimum Gasteiger partial charge on any atom is -0.395 e. The molecule has 0 aliphatic heterocycles. The van der Waals surface area contributed by atoms with E-state index in [1.54, 1.807) is 31.2 Å². The topological polar surface area (TPSA) is 88.2 Å². The van der Waals surface area contributed by atoms with Gasteiger partial charge in [-0.2, -0.15) is 4.98 Å². The summed E-state index contributed by atoms with van der Waals surface area (Å²) in [6, 6.07) is 7.03. The quantitative estimate of drug-likeness (QED) is 0.819. The van der Waals surface area contributed by atoms with Gasteiger partial charge in [-0.3, -0.25) is 4.79 Å². The summed E-state index contributed by atoms with van der Waals surface area (Å²) in [4.78, 5) is 16.2. The number of hydrogen-bond donors (Lipinski definition) is 2. The molecule has 6 nitrogen and oxygen atoms in total. The maximum absolute atomic E-state index is 12.2. The molecule has 2 N–H and O–H groups in total. The summed E-state index contributed by atoms with van der Waals surface area (Å²) in [6.45, 7) is 1.87. The molecule has 0 atom stereocenters. The molecule has 0 radical (unpaired) electrons. The van der Waals surface area contributed by atoms with E-state index in [0.717, 1.165) is 0 Å². The fourth-order valence-electron chi connectivity index (χ4n) is 1.67. The average Bonchev–Trinajstić information content (AvgIpc) is 2.91. The van der Waals surface area contributed by atoms with Crippen LogP contribution in [0, 0.1) is 18.8 Å². The summed E-state index contributed by atoms with van der Waals surface area (Å²) in [5, 5.41) is 15.1. The second-order valence-electron chi connectivity index (χ2n) is 4.24. The molecule has 1 aromatic carbocycles. The highest BCUT2D eigenvalue weighted by molar-refractivity contribution is 5.96. The van der Waals surface area contributed by atoms with Gasteiger partial charge in [-0.25, -0.2) is 0 Å². The van der Waals surface area contributed by atoms with Crippen molar-refractivity contribution in [2.24, 2.45) is 0 Å². The van der Waals surface area contributed by atoms with E-state index in [1.165, 1.54) is 0 Å². The number of aryl methyl sites for hydroxylation is 1. The third kappa shape index (κ3) is 4.16. The molecule has 21 heavy (non-hydrogen) atoms. The number of amides is 1. The van der Waals surface area contributed by atoms with Crippen LogP contribution in [0.3, 0.4) is 0 Å². The first-order valence-corrected chi connectivity index (χ1v) is 6.47. The number of rotatable bonds is 4. The molecule has 0 bridgehead atoms. The van der Waals surface area contributed by atoms with Crippen molar-refractivity contribution in [3.8, 4) is 11.8 Å². The van der Waals surface area contributed by atoms with Crippen molar-refractivity contribution in [2.45, 2.75) is 19.9 Å². The van der Waals surface area contributed by atoms with Crippen LogP contribution in [0.5, 0.6) is 0 Å². The molecule has 0 aliphatic rings. The summed E-state index contributed by atoms with van der Waals surface area (Å²) in [5.74, 6) is 6.29. The Morgan fingerprint density at radius 3 is 2.95 bits per heavy atom. The molecule has 0 unspecified atom stereocenters. The van der Waals surface area contributed by atoms with Gasteiger partial charge in [0.1, 0.15) is 0 Å². The lowest BCUT2D eigenvalue weighted by molar-refractivity contribution is 0.0946. The maximum Gasteiger partial charge on any atom is 0.252 e. The number of nitrogens with one attached hydrogen (secondary N) is 1. The first kappa shape index (κ1) is 14.8. The number of aromatic nitrogens is 2. The molecule has 2 rings (SSSR count). The van der Waals surface area contributed by atoms with E-state index in [2.05, 4.69) is 27.3 Å². The van der Waals surface area contributed by atoms with Gasteiger partial charge in [0.25, 0.3) is 5.91 Å². The lowest BCUT2D eigenvalue weighted by Gasteiger charge is -2.04. The summed E-state index contributed by atoms with van der Waals surface area (Å²) < 4.78 is 4.93. The fourth-order valence-corrected chi connectivity index (χ4v) is 1.67. The van der Waals surface area contributed by atoms with Crippen LogP contribution in [0.4, 0.5) is 0 Å². The zero-order valence-corrected chi connectivity index (χ0v) is 11.6. The van der Waals surface area contributed by atoms with Gasteiger partial charge in [-0.1, -0.05) is 29.1 Å². The molecule has 2 aromatic rings. The second-order valence-corrected chi connectivity index (χ2v) is 4.24. The van der Waals surface area contributed by atoms with Crippen LogP contribution < -0.4 is 5.32 Å². The lowest BCUT2D eigenvalue weighted by Crippen LogP contribution is -2.23. The van der Waals surface area contributed by atoms with Crippen molar-refractivity contribution in [3.63, 3.8) is 0 Å². The number of carbonyl (C=O) groups excluding carboxylic acids is 1. The Hall–Kier alpha value is -2.65. The SMILES string of the molecule is Cc1noc(CNC(=O)c2ccccc2C#CCCO)n1. The smallest absolute Gasteiger partial charge is 0.252 e. The monoisotopic (exact) mass is 285 g/mol. The van der Waals surface area contributed by atoms with Crippen LogP contribution in [0.25, 0.3) is 0 Å². The van der Waals surface area contributed by atoms with Crippen molar-refractivity contribution < 1.29 is 14.4 Å². The number of nitrogens with zero attached hydrogens (tertiary/aromatic N) is 2. The number of carbonyl (C=O) groups is 1. The Labute approximate surface area is 122 Å². The van der Waals surface area contributed by atoms with Crippen molar-refractivity contribution in [3.05, 3.63) is 47.1 Å². The van der Waals surface area contributed by atoms with E-state index < -0.39 is 0 Å². The highest BCUT2D eigenvalue weighted by Crippen LogP contribution is 2.08. The molecular weight excluding hydrogens is 270 g/mol. The minimum atomic E-state index is -0.264. The summed E-state index contributed by atoms with van der Waals surface area (Å²) in [6.07, 6.45) is 0.372. The van der Waals surface area contributed by atoms with Crippen LogP contribution in [-0.4, -0.2) is 27.8 Å². The average molecular weight is 285 g/mol. The Morgan fingerprint density at radius 2 is 2.24 bits per heavy atom. The van der Waals surface area contributed by atoms with Crippen LogP contribution in [-0.2, 0) is 6.54 Å². The highest BCUT2D eigenvalue weighted by atomic mass is 16.5. The first-order chi connectivity index (χ1) is 10.2. The molecule has 1 amide bonds. The summed E-state index contributed by atoms with van der Waals surface area (Å²) in [5.41, 5.74) is 1.09. The third-order valence-electron chi connectivity index (χ3n) is 2.60. The van der Waals surface area contributed by atoms with E-state index in [0.29, 0.717) is 29.3 Å². The van der Waals surface area contributed by atoms with Gasteiger partial charge < -0.3 is 14.9 Å². The first-order valence-electron chi connectivity index (χ1n) is 6.47. The van der Waals surface area contributed by atoms with Gasteiger partial charge in [0, 0.05) is 12.0 Å². The summed E-state index contributed by atoms with van der Waals surface area (Å²) >= 11 is 0. The number of aliphatic hydroxyl groups excluding tert-OH is 1. The Balaban J connectivity index is 2.07. The van der Waals surface area contributed by atoms with Crippen LogP contribution in [0.2, 0.25) is 0 Å². The van der Waals surface area contributed by atoms with E-state index in [9.17, 15) is 4.79 Å². The second kappa shape index (κ2) is 7.22. The molecule has 108 valence electrons. The standard InChI is InChI=1S/C15H15N3O3/c1-11-17-14(21-18-11)10-16-15(20)13-8-3-2-6-12(13)7-4-5-9-19/h2-3,6,8,19H,5,9-10H2,1H3,(H,16,20). The molecule has 0 fully saturated rings. The van der Waals surface area contributed by atoms with Crippen LogP contribution in [0.1, 0.15) is 34.1 Å². The minimum absolute atomic E-state index is 0.00211. The Kier molecular flexibility index (Phi) is 5.07. The Morgan fingerprint density at radius 1 is 1.43 bits per heavy atom. The molecule has 0 spiro atoms. The van der Waals surface area contributed by atoms with Gasteiger partial charge in [0.15, 0.2) is 5.82 Å². The molecular formula is C15H15N3O3. The fraction of sp³-hybridized carbons (Fsp3) is 0.267. The zero-order valence-electron chi connectivity index (χ0n) is 11.6. The van der Waals surface area contributed by atoms with Crippen molar-refractivity contribution >= 4 is 5.91 Å². The van der Waals surface area contributed by atoms with Crippen molar-refractivity contribution in [2.75, 3.05) is 6.61 Å². The normalized spacial score (nSPS) is 9.81. The predicted molar refractivity (Wildman–Crippen MR) is 75.2 cm³/mol. The van der Waals surface area contributed by atoms with Gasteiger partial charge in [-0.15, -0.1) is 0 Å².